The normalized spacial score (nSPS) is 14.8. The van der Waals surface area contributed by atoms with Crippen molar-refractivity contribution in [1.82, 2.24) is 0 Å². The van der Waals surface area contributed by atoms with E-state index in [4.69, 9.17) is 0 Å². The first-order chi connectivity index (χ1) is 12.7. The maximum absolute atomic E-state index is 15.2. The average Bonchev–Trinajstić information content (AvgIpc) is 3.47. The van der Waals surface area contributed by atoms with Crippen LogP contribution in [0.25, 0.3) is 22.0 Å². The Morgan fingerprint density at radius 3 is 2.37 bits per heavy atom. The minimum Gasteiger partial charge on any atom is -0.206 e. The molecule has 0 saturated heterocycles. The molecule has 0 aliphatic heterocycles. The standard InChI is InChI=1S/C24H29FNSi/c1-15-13-16(2)23(25)22(17(15)3)24-21-10-9-20(27(5,6)19-7-8-19)14-18(21)11-12-26(24)4/h9-14,19H,7-8H2,1-6H3/q+1. The second-order valence-electron chi connectivity index (χ2n) is 8.90. The number of pyridine rings is 1. The molecule has 1 heterocycles. The first-order valence-corrected chi connectivity index (χ1v) is 13.0. The fourth-order valence-corrected chi connectivity index (χ4v) is 7.58. The molecule has 3 heteroatoms. The van der Waals surface area contributed by atoms with E-state index in [9.17, 15) is 0 Å². The lowest BCUT2D eigenvalue weighted by Crippen LogP contribution is -2.41. The summed E-state index contributed by atoms with van der Waals surface area (Å²) in [6, 6.07) is 11.0. The Morgan fingerprint density at radius 1 is 1.00 bits per heavy atom. The minimum atomic E-state index is -1.39. The SMILES string of the molecule is Cc1cc(C)c(F)c(-c2c3ccc([Si](C)(C)C4CC4)cc3cc[n+]2C)c1C. The van der Waals surface area contributed by atoms with Crippen LogP contribution in [0.3, 0.4) is 0 Å². The Labute approximate surface area is 162 Å². The van der Waals surface area contributed by atoms with Crippen molar-refractivity contribution in [1.29, 1.82) is 0 Å². The molecule has 1 aliphatic carbocycles. The molecule has 0 radical (unpaired) electrons. The average molecular weight is 379 g/mol. The van der Waals surface area contributed by atoms with Gasteiger partial charge in [0, 0.05) is 6.07 Å². The van der Waals surface area contributed by atoms with Gasteiger partial charge in [-0.25, -0.2) is 8.96 Å². The van der Waals surface area contributed by atoms with Gasteiger partial charge in [-0.15, -0.1) is 0 Å². The summed E-state index contributed by atoms with van der Waals surface area (Å²) in [6.07, 6.45) is 4.85. The number of hydrogen-bond donors (Lipinski definition) is 0. The van der Waals surface area contributed by atoms with Gasteiger partial charge >= 0.3 is 0 Å². The number of fused-ring (bicyclic) bond motifs is 1. The summed E-state index contributed by atoms with van der Waals surface area (Å²) >= 11 is 0. The Bertz CT molecular complexity index is 1040. The molecule has 1 aliphatic rings. The van der Waals surface area contributed by atoms with Gasteiger partial charge in [0.1, 0.15) is 12.9 Å². The molecule has 0 atom stereocenters. The second kappa shape index (κ2) is 6.27. The summed E-state index contributed by atoms with van der Waals surface area (Å²) < 4.78 is 17.3. The quantitative estimate of drug-likeness (QED) is 0.420. The second-order valence-corrected chi connectivity index (χ2v) is 13.7. The van der Waals surface area contributed by atoms with Crippen molar-refractivity contribution < 1.29 is 8.96 Å². The number of rotatable bonds is 3. The van der Waals surface area contributed by atoms with Crippen LogP contribution in [0, 0.1) is 26.6 Å². The number of nitrogens with zero attached hydrogens (tertiary/aromatic N) is 1. The molecule has 1 saturated carbocycles. The number of aryl methyl sites for hydroxylation is 3. The van der Waals surface area contributed by atoms with Gasteiger partial charge in [0.15, 0.2) is 6.20 Å². The highest BCUT2D eigenvalue weighted by Crippen LogP contribution is 2.45. The summed E-state index contributed by atoms with van der Waals surface area (Å²) in [5.41, 5.74) is 5.52. The molecule has 0 bridgehead atoms. The Kier molecular flexibility index (Phi) is 4.26. The summed E-state index contributed by atoms with van der Waals surface area (Å²) in [7, 11) is 0.622. The van der Waals surface area contributed by atoms with E-state index in [0.717, 1.165) is 33.3 Å². The molecule has 140 valence electrons. The highest BCUT2D eigenvalue weighted by Gasteiger charge is 2.41. The summed E-state index contributed by atoms with van der Waals surface area (Å²) in [5, 5.41) is 3.88. The van der Waals surface area contributed by atoms with E-state index in [1.165, 1.54) is 23.4 Å². The van der Waals surface area contributed by atoms with Crippen LogP contribution in [0.15, 0.2) is 36.5 Å². The molecule has 0 amide bonds. The lowest BCUT2D eigenvalue weighted by atomic mass is 9.94. The van der Waals surface area contributed by atoms with Gasteiger partial charge < -0.3 is 0 Å². The van der Waals surface area contributed by atoms with Crippen LogP contribution in [-0.2, 0) is 7.05 Å². The lowest BCUT2D eigenvalue weighted by molar-refractivity contribution is -0.659. The van der Waals surface area contributed by atoms with Gasteiger partial charge in [-0.2, -0.15) is 0 Å². The number of benzene rings is 2. The third-order valence-electron chi connectivity index (χ3n) is 6.68. The van der Waals surface area contributed by atoms with Gasteiger partial charge in [0.25, 0.3) is 0 Å². The maximum atomic E-state index is 15.2. The third-order valence-corrected chi connectivity index (χ3v) is 11.1. The maximum Gasteiger partial charge on any atom is 0.223 e. The number of halogens is 1. The molecule has 27 heavy (non-hydrogen) atoms. The van der Waals surface area contributed by atoms with Crippen molar-refractivity contribution in [3.63, 3.8) is 0 Å². The van der Waals surface area contributed by atoms with Crippen molar-refractivity contribution in [2.75, 3.05) is 0 Å². The van der Waals surface area contributed by atoms with E-state index in [2.05, 4.69) is 55.0 Å². The van der Waals surface area contributed by atoms with E-state index in [0.29, 0.717) is 5.56 Å². The predicted octanol–water partition coefficient (Wildman–Crippen LogP) is 5.48. The van der Waals surface area contributed by atoms with Crippen LogP contribution in [-0.4, -0.2) is 8.07 Å². The topological polar surface area (TPSA) is 3.88 Å². The van der Waals surface area contributed by atoms with Crippen molar-refractivity contribution >= 4 is 24.0 Å². The largest absolute Gasteiger partial charge is 0.223 e. The minimum absolute atomic E-state index is 0.0991. The molecule has 1 aromatic heterocycles. The van der Waals surface area contributed by atoms with Gasteiger partial charge in [0.2, 0.25) is 5.69 Å². The Morgan fingerprint density at radius 2 is 1.70 bits per heavy atom. The Balaban J connectivity index is 1.99. The van der Waals surface area contributed by atoms with Gasteiger partial charge in [-0.05, 0) is 54.5 Å². The van der Waals surface area contributed by atoms with Crippen molar-refractivity contribution in [2.24, 2.45) is 7.05 Å². The van der Waals surface area contributed by atoms with Gasteiger partial charge in [-0.3, -0.25) is 0 Å². The first-order valence-electron chi connectivity index (χ1n) is 9.91. The van der Waals surface area contributed by atoms with Crippen molar-refractivity contribution in [2.45, 2.75) is 52.2 Å². The summed E-state index contributed by atoms with van der Waals surface area (Å²) in [4.78, 5) is 0. The van der Waals surface area contributed by atoms with E-state index in [1.54, 1.807) is 0 Å². The summed E-state index contributed by atoms with van der Waals surface area (Å²) in [6.45, 7) is 10.9. The molecule has 1 fully saturated rings. The van der Waals surface area contributed by atoms with E-state index >= 15 is 4.39 Å². The monoisotopic (exact) mass is 378 g/mol. The molecular formula is C24H29FNSi+. The van der Waals surface area contributed by atoms with E-state index < -0.39 is 8.07 Å². The lowest BCUT2D eigenvalue weighted by Gasteiger charge is -2.23. The van der Waals surface area contributed by atoms with Crippen LogP contribution in [0.5, 0.6) is 0 Å². The van der Waals surface area contributed by atoms with E-state index in [-0.39, 0.29) is 5.82 Å². The molecule has 0 unspecified atom stereocenters. The fraction of sp³-hybridized carbons (Fsp3) is 0.375. The zero-order valence-electron chi connectivity index (χ0n) is 17.3. The van der Waals surface area contributed by atoms with Crippen LogP contribution in [0.1, 0.15) is 29.5 Å². The van der Waals surface area contributed by atoms with Crippen molar-refractivity contribution in [3.05, 3.63) is 59.0 Å². The van der Waals surface area contributed by atoms with Crippen LogP contribution < -0.4 is 9.75 Å². The number of hydrogen-bond acceptors (Lipinski definition) is 0. The van der Waals surface area contributed by atoms with E-state index in [1.807, 2.05) is 27.0 Å². The Hall–Kier alpha value is -2.00. The van der Waals surface area contributed by atoms with Gasteiger partial charge in [0.05, 0.1) is 19.0 Å². The molecule has 4 rings (SSSR count). The first kappa shape index (κ1) is 18.4. The molecule has 0 N–H and O–H groups in total. The predicted molar refractivity (Wildman–Crippen MR) is 115 cm³/mol. The van der Waals surface area contributed by atoms with Gasteiger partial charge in [-0.1, -0.05) is 49.3 Å². The zero-order valence-corrected chi connectivity index (χ0v) is 18.3. The number of aromatic nitrogens is 1. The molecular weight excluding hydrogens is 349 g/mol. The van der Waals surface area contributed by atoms with Crippen LogP contribution in [0.2, 0.25) is 18.6 Å². The fourth-order valence-electron chi connectivity index (χ4n) is 4.46. The summed E-state index contributed by atoms with van der Waals surface area (Å²) in [5.74, 6) is -0.0991. The van der Waals surface area contributed by atoms with Crippen LogP contribution in [0.4, 0.5) is 4.39 Å². The highest BCUT2D eigenvalue weighted by molar-refractivity contribution is 6.91. The molecule has 2 aromatic carbocycles. The molecule has 3 aromatic rings. The van der Waals surface area contributed by atoms with Crippen molar-refractivity contribution in [3.8, 4) is 11.3 Å². The molecule has 0 spiro atoms. The van der Waals surface area contributed by atoms with Crippen LogP contribution >= 0.6 is 0 Å². The third kappa shape index (κ3) is 2.93. The smallest absolute Gasteiger partial charge is 0.206 e. The molecule has 1 nitrogen and oxygen atoms in total. The zero-order chi connectivity index (χ0) is 19.5. The highest BCUT2D eigenvalue weighted by atomic mass is 28.3.